The number of carbonyl (C=O) groups is 1. The van der Waals surface area contributed by atoms with Gasteiger partial charge in [-0.25, -0.2) is 13.2 Å². The molecule has 0 radical (unpaired) electrons. The van der Waals surface area contributed by atoms with Gasteiger partial charge in [0.15, 0.2) is 0 Å². The number of carboxylic acid groups (broad SMARTS) is 1. The number of hydrogen-bond acceptors (Lipinski definition) is 5. The van der Waals surface area contributed by atoms with E-state index in [9.17, 15) is 23.1 Å². The van der Waals surface area contributed by atoms with E-state index >= 15 is 0 Å². The summed E-state index contributed by atoms with van der Waals surface area (Å²) in [4.78, 5) is 18.2. The van der Waals surface area contributed by atoms with Gasteiger partial charge in [0.25, 0.3) is 0 Å². The lowest BCUT2D eigenvalue weighted by atomic mass is 9.98. The van der Waals surface area contributed by atoms with Crippen molar-refractivity contribution in [2.45, 2.75) is 24.8 Å². The molecule has 9 heteroatoms. The molecule has 1 aliphatic rings. The van der Waals surface area contributed by atoms with Crippen LogP contribution in [0.1, 0.15) is 24.0 Å². The van der Waals surface area contributed by atoms with Crippen LogP contribution in [0, 0.1) is 17.5 Å². The molecule has 0 saturated carbocycles. The highest BCUT2D eigenvalue weighted by atomic mass is 19.1. The van der Waals surface area contributed by atoms with Crippen molar-refractivity contribution in [1.82, 2.24) is 15.2 Å². The molecule has 1 saturated heterocycles. The zero-order valence-corrected chi connectivity index (χ0v) is 19.9. The summed E-state index contributed by atoms with van der Waals surface area (Å²) < 4.78 is 46.9. The lowest BCUT2D eigenvalue weighted by Gasteiger charge is -2.26. The van der Waals surface area contributed by atoms with Crippen molar-refractivity contribution in [2.24, 2.45) is 0 Å². The molecule has 1 fully saturated rings. The van der Waals surface area contributed by atoms with Gasteiger partial charge in [-0.15, -0.1) is 0 Å². The monoisotopic (exact) mass is 499 g/mol. The van der Waals surface area contributed by atoms with Crippen molar-refractivity contribution in [1.29, 1.82) is 0 Å². The third kappa shape index (κ3) is 5.68. The molecule has 0 spiro atoms. The molecule has 1 aliphatic heterocycles. The molecule has 2 aromatic carbocycles. The number of aliphatic carboxylic acids is 1. The number of halogens is 3. The predicted octanol–water partition coefficient (Wildman–Crippen LogP) is 4.43. The summed E-state index contributed by atoms with van der Waals surface area (Å²) in [6.45, 7) is 1.60. The van der Waals surface area contributed by atoms with Crippen LogP contribution in [0.4, 0.5) is 13.2 Å². The Morgan fingerprint density at radius 3 is 2.83 bits per heavy atom. The highest BCUT2D eigenvalue weighted by molar-refractivity contribution is 5.83. The number of fused-ring (bicyclic) bond motifs is 1. The Bertz CT molecular complexity index is 1280. The minimum atomic E-state index is -1.12. The number of nitrogens with zero attached hydrogens (tertiary/aromatic N) is 2. The number of carboxylic acids is 1. The second-order valence-corrected chi connectivity index (χ2v) is 8.94. The minimum Gasteiger partial charge on any atom is -0.497 e. The molecular formula is C27H28F3N3O3. The van der Waals surface area contributed by atoms with Crippen LogP contribution in [0.3, 0.4) is 0 Å². The molecule has 0 aliphatic carbocycles. The Labute approximate surface area is 207 Å². The number of nitrogens with one attached hydrogen (secondary N) is 1. The molecular weight excluding hydrogens is 471 g/mol. The van der Waals surface area contributed by atoms with Gasteiger partial charge in [-0.2, -0.15) is 0 Å². The van der Waals surface area contributed by atoms with Gasteiger partial charge in [0, 0.05) is 30.6 Å². The van der Waals surface area contributed by atoms with Crippen LogP contribution < -0.4 is 10.1 Å². The Balaban J connectivity index is 1.35. The first-order valence-corrected chi connectivity index (χ1v) is 11.7. The van der Waals surface area contributed by atoms with Crippen molar-refractivity contribution >= 4 is 22.9 Å². The molecule has 1 atom stereocenters. The van der Waals surface area contributed by atoms with Crippen molar-refractivity contribution in [3.8, 4) is 5.75 Å². The molecule has 190 valence electrons. The molecule has 36 heavy (non-hydrogen) atoms. The van der Waals surface area contributed by atoms with Gasteiger partial charge in [-0.05, 0) is 67.8 Å². The van der Waals surface area contributed by atoms with Crippen molar-refractivity contribution in [2.75, 3.05) is 33.3 Å². The van der Waals surface area contributed by atoms with Gasteiger partial charge in [0.05, 0.1) is 18.8 Å². The third-order valence-corrected chi connectivity index (χ3v) is 6.58. The molecule has 2 heterocycles. The average Bonchev–Trinajstić information content (AvgIpc) is 3.29. The number of hydrogen-bond donors (Lipinski definition) is 2. The smallest absolute Gasteiger partial charge is 0.325 e. The second-order valence-electron chi connectivity index (χ2n) is 8.94. The van der Waals surface area contributed by atoms with Gasteiger partial charge in [-0.1, -0.05) is 12.2 Å². The molecule has 6 nitrogen and oxygen atoms in total. The summed E-state index contributed by atoms with van der Waals surface area (Å²) in [5.74, 6) is -1.79. The fraction of sp³-hybridized carbons (Fsp3) is 0.333. The van der Waals surface area contributed by atoms with Crippen LogP contribution >= 0.6 is 0 Å². The zero-order chi connectivity index (χ0) is 25.7. The standard InChI is InChI=1S/C27H28F3N3O3/c1-36-20-7-9-25-22(15-20)21(24(30)16-31-25)5-2-11-32-27(26(34)35)10-13-33(17-27)12-3-4-18-14-19(28)6-8-23(18)29/h3-4,6-9,14-16,32H,2,5,10-13,17H2,1H3,(H,34,35). The molecule has 0 bridgehead atoms. The molecule has 3 aromatic rings. The summed E-state index contributed by atoms with van der Waals surface area (Å²) in [7, 11) is 1.54. The fourth-order valence-corrected chi connectivity index (χ4v) is 4.59. The van der Waals surface area contributed by atoms with E-state index in [4.69, 9.17) is 4.74 Å². The number of aryl methyl sites for hydroxylation is 1. The Morgan fingerprint density at radius 1 is 1.22 bits per heavy atom. The first-order chi connectivity index (χ1) is 17.3. The van der Waals surface area contributed by atoms with Crippen LogP contribution in [0.2, 0.25) is 0 Å². The van der Waals surface area contributed by atoms with Crippen molar-refractivity contribution in [3.05, 3.63) is 77.2 Å². The van der Waals surface area contributed by atoms with E-state index in [2.05, 4.69) is 10.3 Å². The van der Waals surface area contributed by atoms with E-state index in [1.165, 1.54) is 12.3 Å². The topological polar surface area (TPSA) is 74.7 Å². The lowest BCUT2D eigenvalue weighted by Crippen LogP contribution is -2.54. The van der Waals surface area contributed by atoms with E-state index in [0.29, 0.717) is 61.1 Å². The van der Waals surface area contributed by atoms with Gasteiger partial charge in [0.1, 0.15) is 28.7 Å². The highest BCUT2D eigenvalue weighted by Gasteiger charge is 2.43. The number of rotatable bonds is 10. The fourth-order valence-electron chi connectivity index (χ4n) is 4.59. The van der Waals surface area contributed by atoms with E-state index in [0.717, 1.165) is 18.2 Å². The van der Waals surface area contributed by atoms with Crippen molar-refractivity contribution < 1.29 is 27.8 Å². The molecule has 4 rings (SSSR count). The van der Waals surface area contributed by atoms with Crippen LogP contribution in [0.5, 0.6) is 5.75 Å². The van der Waals surface area contributed by atoms with Gasteiger partial charge in [0.2, 0.25) is 0 Å². The summed E-state index contributed by atoms with van der Waals surface area (Å²) in [6.07, 6.45) is 5.73. The predicted molar refractivity (Wildman–Crippen MR) is 131 cm³/mol. The van der Waals surface area contributed by atoms with E-state index in [-0.39, 0.29) is 12.1 Å². The van der Waals surface area contributed by atoms with Crippen LogP contribution in [-0.2, 0) is 11.2 Å². The van der Waals surface area contributed by atoms with Crippen LogP contribution in [0.25, 0.3) is 17.0 Å². The maximum atomic E-state index is 14.6. The average molecular weight is 500 g/mol. The minimum absolute atomic E-state index is 0.144. The summed E-state index contributed by atoms with van der Waals surface area (Å²) >= 11 is 0. The summed E-state index contributed by atoms with van der Waals surface area (Å²) in [5.41, 5.74) is 0.206. The van der Waals surface area contributed by atoms with Gasteiger partial charge >= 0.3 is 5.97 Å². The lowest BCUT2D eigenvalue weighted by molar-refractivity contribution is -0.144. The molecule has 2 N–H and O–H groups in total. The van der Waals surface area contributed by atoms with E-state index in [1.54, 1.807) is 31.4 Å². The summed E-state index contributed by atoms with van der Waals surface area (Å²) in [5, 5.41) is 13.8. The largest absolute Gasteiger partial charge is 0.497 e. The Kier molecular flexibility index (Phi) is 7.91. The zero-order valence-electron chi connectivity index (χ0n) is 19.9. The number of benzene rings is 2. The van der Waals surface area contributed by atoms with Crippen LogP contribution in [-0.4, -0.2) is 59.8 Å². The SMILES string of the molecule is COc1ccc2ncc(F)c(CCCNC3(C(=O)O)CCN(CC=Cc4cc(F)ccc4F)C3)c2c1. The maximum absolute atomic E-state index is 14.6. The van der Waals surface area contributed by atoms with Gasteiger partial charge in [-0.3, -0.25) is 14.7 Å². The van der Waals surface area contributed by atoms with Gasteiger partial charge < -0.3 is 15.2 Å². The number of methoxy groups -OCH3 is 1. The molecule has 1 unspecified atom stereocenters. The molecule has 1 aromatic heterocycles. The molecule has 0 amide bonds. The third-order valence-electron chi connectivity index (χ3n) is 6.58. The maximum Gasteiger partial charge on any atom is 0.325 e. The second kappa shape index (κ2) is 11.1. The first-order valence-electron chi connectivity index (χ1n) is 11.7. The number of aromatic nitrogens is 1. The number of pyridine rings is 1. The normalized spacial score (nSPS) is 18.3. The number of ether oxygens (including phenoxy) is 1. The highest BCUT2D eigenvalue weighted by Crippen LogP contribution is 2.26. The van der Waals surface area contributed by atoms with Crippen LogP contribution in [0.15, 0.2) is 48.7 Å². The van der Waals surface area contributed by atoms with E-state index in [1.807, 2.05) is 4.90 Å². The van der Waals surface area contributed by atoms with E-state index < -0.39 is 29.0 Å². The Morgan fingerprint density at radius 2 is 2.06 bits per heavy atom. The van der Waals surface area contributed by atoms with Crippen molar-refractivity contribution in [3.63, 3.8) is 0 Å². The summed E-state index contributed by atoms with van der Waals surface area (Å²) in [6, 6.07) is 8.54. The Hall–Kier alpha value is -3.43. The first kappa shape index (κ1) is 25.7. The number of likely N-dealkylation sites (tertiary alicyclic amines) is 1. The quantitative estimate of drug-likeness (QED) is 0.402.